The number of fused-ring (bicyclic) bond motifs is 2. The van der Waals surface area contributed by atoms with E-state index in [-0.39, 0.29) is 11.8 Å². The molecule has 9 atom stereocenters. The largest absolute Gasteiger partial charge is 0.479 e. The summed E-state index contributed by atoms with van der Waals surface area (Å²) in [5.74, 6) is 0.339. The van der Waals surface area contributed by atoms with Crippen LogP contribution in [0.3, 0.4) is 0 Å². The smallest absolute Gasteiger partial charge is 0.344 e. The molecule has 8 nitrogen and oxygen atoms in total. The molecule has 4 aliphatic heterocycles. The van der Waals surface area contributed by atoms with E-state index in [1.165, 1.54) is 6.92 Å². The number of hydrogen-bond donors (Lipinski definition) is 1. The zero-order valence-electron chi connectivity index (χ0n) is 19.0. The van der Waals surface area contributed by atoms with Gasteiger partial charge >= 0.3 is 5.97 Å². The van der Waals surface area contributed by atoms with Gasteiger partial charge in [-0.25, -0.2) is 14.6 Å². The standard InChI is InChI=1S/C24H32O8/c1-13-5-10-19-14(2)21(28-17-8-6-16(7-9-17)27-15(3)20(25)26)29-22-24(19)18(13)11-12-23(4,30-22)31-32-24/h6-9,13-15,18-19,21-22H,5,10-12H2,1-4H3,(H,25,26)/t13-,14-,15?,18+,19+,21?,22-,23+,24-/m1/s1. The Hall–Kier alpha value is -1.87. The van der Waals surface area contributed by atoms with Crippen molar-refractivity contribution in [3.63, 3.8) is 0 Å². The maximum atomic E-state index is 11.0. The van der Waals surface area contributed by atoms with Gasteiger partial charge in [-0.1, -0.05) is 13.8 Å². The van der Waals surface area contributed by atoms with Gasteiger partial charge in [-0.05, 0) is 69.2 Å². The molecule has 176 valence electrons. The highest BCUT2D eigenvalue weighted by Crippen LogP contribution is 2.60. The van der Waals surface area contributed by atoms with Crippen molar-refractivity contribution in [3.05, 3.63) is 24.3 Å². The molecule has 5 fully saturated rings. The van der Waals surface area contributed by atoms with Crippen molar-refractivity contribution in [1.82, 2.24) is 0 Å². The van der Waals surface area contributed by atoms with E-state index in [2.05, 4.69) is 13.8 Å². The third kappa shape index (κ3) is 3.48. The fraction of sp³-hybridized carbons (Fsp3) is 0.708. The van der Waals surface area contributed by atoms with Crippen LogP contribution in [0.1, 0.15) is 53.4 Å². The topological polar surface area (TPSA) is 92.7 Å². The van der Waals surface area contributed by atoms with E-state index >= 15 is 0 Å². The van der Waals surface area contributed by atoms with Crippen LogP contribution >= 0.6 is 0 Å². The van der Waals surface area contributed by atoms with Crippen molar-refractivity contribution in [3.8, 4) is 11.5 Å². The van der Waals surface area contributed by atoms with Crippen molar-refractivity contribution < 1.29 is 38.6 Å². The highest BCUT2D eigenvalue weighted by molar-refractivity contribution is 5.72. The van der Waals surface area contributed by atoms with Crippen LogP contribution in [0.4, 0.5) is 0 Å². The summed E-state index contributed by atoms with van der Waals surface area (Å²) in [5.41, 5.74) is -0.613. The van der Waals surface area contributed by atoms with E-state index in [4.69, 9.17) is 33.8 Å². The minimum atomic E-state index is -1.01. The van der Waals surface area contributed by atoms with Gasteiger partial charge in [0.15, 0.2) is 18.0 Å². The number of carboxylic acids is 1. The van der Waals surface area contributed by atoms with Crippen molar-refractivity contribution in [2.24, 2.45) is 23.7 Å². The molecule has 1 aliphatic carbocycles. The van der Waals surface area contributed by atoms with Gasteiger partial charge < -0.3 is 24.1 Å². The molecule has 2 bridgehead atoms. The predicted molar refractivity (Wildman–Crippen MR) is 112 cm³/mol. The Morgan fingerprint density at radius 2 is 1.81 bits per heavy atom. The first-order valence-electron chi connectivity index (χ1n) is 11.6. The summed E-state index contributed by atoms with van der Waals surface area (Å²) < 4.78 is 24.4. The summed E-state index contributed by atoms with van der Waals surface area (Å²) >= 11 is 0. The van der Waals surface area contributed by atoms with Crippen LogP contribution in [-0.4, -0.2) is 41.1 Å². The monoisotopic (exact) mass is 448 g/mol. The van der Waals surface area contributed by atoms with Gasteiger partial charge in [0.05, 0.1) is 0 Å². The number of ether oxygens (including phenoxy) is 4. The van der Waals surface area contributed by atoms with E-state index < -0.39 is 36.0 Å². The fourth-order valence-electron chi connectivity index (χ4n) is 5.99. The minimum absolute atomic E-state index is 0.0684. The second-order valence-electron chi connectivity index (χ2n) is 9.96. The molecule has 1 aromatic rings. The maximum absolute atomic E-state index is 11.0. The van der Waals surface area contributed by atoms with Gasteiger partial charge in [-0.15, -0.1) is 0 Å². The summed E-state index contributed by atoms with van der Waals surface area (Å²) in [6, 6.07) is 6.92. The molecule has 1 saturated carbocycles. The molecule has 8 heteroatoms. The third-order valence-electron chi connectivity index (χ3n) is 7.83. The second-order valence-corrected chi connectivity index (χ2v) is 9.96. The lowest BCUT2D eigenvalue weighted by atomic mass is 9.58. The van der Waals surface area contributed by atoms with E-state index in [1.807, 2.05) is 6.92 Å². The summed E-state index contributed by atoms with van der Waals surface area (Å²) in [5, 5.41) is 9.01. The van der Waals surface area contributed by atoms with Crippen LogP contribution in [0.15, 0.2) is 24.3 Å². The molecule has 1 spiro atoms. The quantitative estimate of drug-likeness (QED) is 0.673. The lowest BCUT2D eigenvalue weighted by molar-refractivity contribution is -0.575. The van der Waals surface area contributed by atoms with Crippen LogP contribution in [0, 0.1) is 23.7 Å². The zero-order chi connectivity index (χ0) is 22.7. The molecule has 32 heavy (non-hydrogen) atoms. The first-order valence-corrected chi connectivity index (χ1v) is 11.6. The highest BCUT2D eigenvalue weighted by Gasteiger charge is 2.69. The lowest BCUT2D eigenvalue weighted by Gasteiger charge is -2.60. The minimum Gasteiger partial charge on any atom is -0.479 e. The van der Waals surface area contributed by atoms with Crippen LogP contribution in [0.5, 0.6) is 11.5 Å². The van der Waals surface area contributed by atoms with Gasteiger partial charge in [-0.3, -0.25) is 0 Å². The number of rotatable bonds is 5. The molecule has 0 amide bonds. The van der Waals surface area contributed by atoms with Gasteiger partial charge in [0.2, 0.25) is 12.1 Å². The molecule has 0 aromatic heterocycles. The Morgan fingerprint density at radius 3 is 2.53 bits per heavy atom. The van der Waals surface area contributed by atoms with Gasteiger partial charge in [0, 0.05) is 18.3 Å². The normalized spacial score (nSPS) is 43.6. The first kappa shape index (κ1) is 21.9. The number of aliphatic carboxylic acids is 1. The maximum Gasteiger partial charge on any atom is 0.344 e. The van der Waals surface area contributed by atoms with Crippen molar-refractivity contribution in [1.29, 1.82) is 0 Å². The first-order chi connectivity index (χ1) is 15.2. The number of carboxylic acid groups (broad SMARTS) is 1. The molecular weight excluding hydrogens is 416 g/mol. The van der Waals surface area contributed by atoms with Crippen LogP contribution in [-0.2, 0) is 24.0 Å². The van der Waals surface area contributed by atoms with Crippen LogP contribution in [0.25, 0.3) is 0 Å². The summed E-state index contributed by atoms with van der Waals surface area (Å²) in [7, 11) is 0. The predicted octanol–water partition coefficient (Wildman–Crippen LogP) is 4.13. The number of carbonyl (C=O) groups is 1. The molecule has 2 unspecified atom stereocenters. The van der Waals surface area contributed by atoms with Crippen molar-refractivity contribution in [2.45, 2.75) is 83.5 Å². The van der Waals surface area contributed by atoms with Gasteiger partial charge in [-0.2, -0.15) is 0 Å². The van der Waals surface area contributed by atoms with E-state index in [9.17, 15) is 4.79 Å². The summed E-state index contributed by atoms with van der Waals surface area (Å²) in [6.45, 7) is 7.83. The highest BCUT2D eigenvalue weighted by atomic mass is 17.3. The fourth-order valence-corrected chi connectivity index (χ4v) is 5.99. The zero-order valence-corrected chi connectivity index (χ0v) is 19.0. The molecule has 0 radical (unpaired) electrons. The molecule has 4 heterocycles. The molecule has 6 rings (SSSR count). The Balaban J connectivity index is 1.36. The van der Waals surface area contributed by atoms with E-state index in [0.29, 0.717) is 23.3 Å². The summed E-state index contributed by atoms with van der Waals surface area (Å²) in [4.78, 5) is 23.0. The molecular formula is C24H32O8. The van der Waals surface area contributed by atoms with Crippen molar-refractivity contribution in [2.75, 3.05) is 0 Å². The lowest BCUT2D eigenvalue weighted by Crippen LogP contribution is -2.70. The molecule has 5 aliphatic rings. The van der Waals surface area contributed by atoms with Gasteiger partial charge in [0.1, 0.15) is 11.5 Å². The van der Waals surface area contributed by atoms with E-state index in [0.717, 1.165) is 25.7 Å². The Labute approximate surface area is 188 Å². The third-order valence-corrected chi connectivity index (χ3v) is 7.83. The van der Waals surface area contributed by atoms with Crippen molar-refractivity contribution >= 4 is 5.97 Å². The van der Waals surface area contributed by atoms with Gasteiger partial charge in [0.25, 0.3) is 0 Å². The Bertz CT molecular complexity index is 858. The van der Waals surface area contributed by atoms with Crippen LogP contribution in [0.2, 0.25) is 0 Å². The summed E-state index contributed by atoms with van der Waals surface area (Å²) in [6.07, 6.45) is 1.92. The Morgan fingerprint density at radius 1 is 1.09 bits per heavy atom. The molecule has 1 aromatic carbocycles. The number of benzene rings is 1. The number of hydrogen-bond acceptors (Lipinski definition) is 7. The Kier molecular flexibility index (Phi) is 5.40. The average molecular weight is 449 g/mol. The molecule has 1 N–H and O–H groups in total. The van der Waals surface area contributed by atoms with E-state index in [1.54, 1.807) is 24.3 Å². The average Bonchev–Trinajstić information content (AvgIpc) is 2.99. The second kappa shape index (κ2) is 7.87. The molecule has 4 saturated heterocycles. The SMILES string of the molecule is CC(Oc1ccc(OC2O[C@@H]3O[C@]4(C)CC[C@H]5[C@H](C)CC[C@@H]([C@H]2C)[C@@]35OO4)cc1)C(=O)O. The van der Waals surface area contributed by atoms with Crippen LogP contribution < -0.4 is 9.47 Å².